The Morgan fingerprint density at radius 1 is 1.17 bits per heavy atom. The highest BCUT2D eigenvalue weighted by molar-refractivity contribution is 5.99. The first-order valence-corrected chi connectivity index (χ1v) is 7.23. The molecule has 0 spiro atoms. The summed E-state index contributed by atoms with van der Waals surface area (Å²) in [6.07, 6.45) is 5.23. The number of amides is 2. The molecule has 2 amide bonds. The molecule has 2 heterocycles. The summed E-state index contributed by atoms with van der Waals surface area (Å²) in [5, 5.41) is 18.5. The van der Waals surface area contributed by atoms with Crippen molar-refractivity contribution >= 4 is 17.5 Å². The molecule has 2 aromatic heterocycles. The molecule has 1 aromatic carbocycles. The summed E-state index contributed by atoms with van der Waals surface area (Å²) >= 11 is 0. The van der Waals surface area contributed by atoms with Gasteiger partial charge in [-0.3, -0.25) is 15.0 Å². The molecule has 0 radical (unpaired) electrons. The highest BCUT2D eigenvalue weighted by Gasteiger charge is 2.06. The second-order valence-electron chi connectivity index (χ2n) is 5.03. The van der Waals surface area contributed by atoms with Gasteiger partial charge in [0.15, 0.2) is 5.82 Å². The molecule has 3 aromatic rings. The molecule has 0 fully saturated rings. The first-order chi connectivity index (χ1) is 11.7. The van der Waals surface area contributed by atoms with Crippen LogP contribution in [-0.2, 0) is 6.54 Å². The molecule has 0 saturated heterocycles. The van der Waals surface area contributed by atoms with Crippen molar-refractivity contribution in [1.29, 1.82) is 5.26 Å². The van der Waals surface area contributed by atoms with Crippen molar-refractivity contribution < 1.29 is 4.79 Å². The van der Waals surface area contributed by atoms with E-state index in [0.717, 1.165) is 5.56 Å². The van der Waals surface area contributed by atoms with E-state index in [4.69, 9.17) is 5.26 Å². The van der Waals surface area contributed by atoms with Crippen LogP contribution in [0.4, 0.5) is 16.3 Å². The number of hydrogen-bond acceptors (Lipinski definition) is 4. The molecule has 0 bridgehead atoms. The number of anilines is 2. The lowest BCUT2D eigenvalue weighted by molar-refractivity contribution is 0.262. The van der Waals surface area contributed by atoms with Crippen LogP contribution < -0.4 is 10.6 Å². The van der Waals surface area contributed by atoms with Gasteiger partial charge in [-0.25, -0.2) is 4.79 Å². The van der Waals surface area contributed by atoms with Gasteiger partial charge in [0.1, 0.15) is 0 Å². The largest absolute Gasteiger partial charge is 0.324 e. The monoisotopic (exact) mass is 318 g/mol. The van der Waals surface area contributed by atoms with E-state index in [1.54, 1.807) is 53.6 Å². The highest BCUT2D eigenvalue weighted by Crippen LogP contribution is 2.11. The van der Waals surface area contributed by atoms with Gasteiger partial charge in [0.05, 0.1) is 18.2 Å². The Balaban J connectivity index is 1.60. The molecule has 24 heavy (non-hydrogen) atoms. The third-order valence-corrected chi connectivity index (χ3v) is 3.23. The van der Waals surface area contributed by atoms with Crippen molar-refractivity contribution in [2.75, 3.05) is 10.6 Å². The van der Waals surface area contributed by atoms with Crippen LogP contribution in [0, 0.1) is 11.3 Å². The summed E-state index contributed by atoms with van der Waals surface area (Å²) in [6.45, 7) is 0.593. The fourth-order valence-electron chi connectivity index (χ4n) is 2.14. The second-order valence-corrected chi connectivity index (χ2v) is 5.03. The SMILES string of the molecule is N#Cc1cccc(NC(=O)Nc2ccn(Cc3ccncc3)n2)c1. The number of rotatable bonds is 4. The maximum atomic E-state index is 12.0. The zero-order valence-electron chi connectivity index (χ0n) is 12.7. The quantitative estimate of drug-likeness (QED) is 0.773. The van der Waals surface area contributed by atoms with Gasteiger partial charge in [0, 0.05) is 30.3 Å². The van der Waals surface area contributed by atoms with E-state index >= 15 is 0 Å². The molecule has 118 valence electrons. The maximum absolute atomic E-state index is 12.0. The molecule has 0 unspecified atom stereocenters. The van der Waals surface area contributed by atoms with Crippen molar-refractivity contribution in [3.05, 3.63) is 72.2 Å². The molecule has 0 saturated carbocycles. The van der Waals surface area contributed by atoms with Gasteiger partial charge >= 0.3 is 6.03 Å². The van der Waals surface area contributed by atoms with Crippen molar-refractivity contribution in [3.8, 4) is 6.07 Å². The van der Waals surface area contributed by atoms with Gasteiger partial charge in [0.25, 0.3) is 0 Å². The van der Waals surface area contributed by atoms with Gasteiger partial charge in [-0.2, -0.15) is 10.4 Å². The zero-order chi connectivity index (χ0) is 16.8. The minimum absolute atomic E-state index is 0.417. The molecule has 2 N–H and O–H groups in total. The third kappa shape index (κ3) is 3.96. The van der Waals surface area contributed by atoms with Crippen LogP contribution in [0.3, 0.4) is 0 Å². The van der Waals surface area contributed by atoms with E-state index < -0.39 is 6.03 Å². The van der Waals surface area contributed by atoms with Crippen LogP contribution in [0.25, 0.3) is 0 Å². The van der Waals surface area contributed by atoms with Crippen molar-refractivity contribution in [3.63, 3.8) is 0 Å². The van der Waals surface area contributed by atoms with Gasteiger partial charge in [-0.05, 0) is 35.9 Å². The summed E-state index contributed by atoms with van der Waals surface area (Å²) in [6, 6.07) is 13.8. The molecule has 0 aliphatic heterocycles. The van der Waals surface area contributed by atoms with Crippen LogP contribution in [0.1, 0.15) is 11.1 Å². The average molecular weight is 318 g/mol. The number of nitrogens with one attached hydrogen (secondary N) is 2. The Bertz CT molecular complexity index is 881. The van der Waals surface area contributed by atoms with Gasteiger partial charge in [-0.1, -0.05) is 6.07 Å². The fraction of sp³-hybridized carbons (Fsp3) is 0.0588. The average Bonchev–Trinajstić information content (AvgIpc) is 3.02. The molecular weight excluding hydrogens is 304 g/mol. The summed E-state index contributed by atoms with van der Waals surface area (Å²) in [5.41, 5.74) is 2.09. The molecule has 0 atom stereocenters. The summed E-state index contributed by atoms with van der Waals surface area (Å²) in [5.74, 6) is 0.443. The highest BCUT2D eigenvalue weighted by atomic mass is 16.2. The predicted octanol–water partition coefficient (Wildman–Crippen LogP) is 2.84. The topological polar surface area (TPSA) is 95.6 Å². The van der Waals surface area contributed by atoms with Crippen LogP contribution in [0.5, 0.6) is 0 Å². The van der Waals surface area contributed by atoms with E-state index in [9.17, 15) is 4.79 Å². The number of nitriles is 1. The van der Waals surface area contributed by atoms with Crippen LogP contribution in [0.2, 0.25) is 0 Å². The fourth-order valence-corrected chi connectivity index (χ4v) is 2.14. The normalized spacial score (nSPS) is 9.96. The molecule has 7 nitrogen and oxygen atoms in total. The predicted molar refractivity (Wildman–Crippen MR) is 89.4 cm³/mol. The number of aromatic nitrogens is 3. The first kappa shape index (κ1) is 15.2. The van der Waals surface area contributed by atoms with E-state index in [1.807, 2.05) is 18.2 Å². The Kier molecular flexibility index (Phi) is 4.49. The lowest BCUT2D eigenvalue weighted by Gasteiger charge is -2.06. The minimum Gasteiger partial charge on any atom is -0.308 e. The van der Waals surface area contributed by atoms with Crippen molar-refractivity contribution in [1.82, 2.24) is 14.8 Å². The lowest BCUT2D eigenvalue weighted by Crippen LogP contribution is -2.20. The number of benzene rings is 1. The van der Waals surface area contributed by atoms with E-state index in [1.165, 1.54) is 0 Å². The van der Waals surface area contributed by atoms with Gasteiger partial charge < -0.3 is 5.32 Å². The van der Waals surface area contributed by atoms with Gasteiger partial charge in [-0.15, -0.1) is 0 Å². The second kappa shape index (κ2) is 7.07. The van der Waals surface area contributed by atoms with Crippen molar-refractivity contribution in [2.45, 2.75) is 6.54 Å². The Morgan fingerprint density at radius 2 is 2.00 bits per heavy atom. The maximum Gasteiger partial charge on any atom is 0.324 e. The first-order valence-electron chi connectivity index (χ1n) is 7.23. The standard InChI is InChI=1S/C17H14N6O/c18-11-14-2-1-3-15(10-14)20-17(24)21-16-6-9-23(22-16)12-13-4-7-19-8-5-13/h1-10H,12H2,(H2,20,21,22,24). The number of carbonyl (C=O) groups excluding carboxylic acids is 1. The molecule has 0 aliphatic carbocycles. The molecular formula is C17H14N6O. The number of pyridine rings is 1. The van der Waals surface area contributed by atoms with Crippen LogP contribution in [0.15, 0.2) is 61.1 Å². The summed E-state index contributed by atoms with van der Waals surface area (Å²) < 4.78 is 1.72. The Morgan fingerprint density at radius 3 is 2.79 bits per heavy atom. The van der Waals surface area contributed by atoms with Gasteiger partial charge in [0.2, 0.25) is 0 Å². The summed E-state index contributed by atoms with van der Waals surface area (Å²) in [4.78, 5) is 16.0. The number of carbonyl (C=O) groups is 1. The lowest BCUT2D eigenvalue weighted by atomic mass is 10.2. The minimum atomic E-state index is -0.417. The third-order valence-electron chi connectivity index (χ3n) is 3.23. The summed E-state index contributed by atoms with van der Waals surface area (Å²) in [7, 11) is 0. The number of urea groups is 1. The molecule has 7 heteroatoms. The van der Waals surface area contributed by atoms with E-state index in [2.05, 4.69) is 20.7 Å². The Hall–Kier alpha value is -3.66. The van der Waals surface area contributed by atoms with E-state index in [0.29, 0.717) is 23.6 Å². The number of hydrogen-bond donors (Lipinski definition) is 2. The smallest absolute Gasteiger partial charge is 0.308 e. The van der Waals surface area contributed by atoms with Crippen LogP contribution in [-0.4, -0.2) is 20.8 Å². The number of nitrogens with zero attached hydrogens (tertiary/aromatic N) is 4. The van der Waals surface area contributed by atoms with E-state index in [-0.39, 0.29) is 0 Å². The Labute approximate surface area is 138 Å². The zero-order valence-corrected chi connectivity index (χ0v) is 12.7. The molecule has 3 rings (SSSR count). The molecule has 0 aliphatic rings. The van der Waals surface area contributed by atoms with Crippen molar-refractivity contribution in [2.24, 2.45) is 0 Å². The van der Waals surface area contributed by atoms with Crippen LogP contribution >= 0.6 is 0 Å².